The number of rotatable bonds is 5. The Morgan fingerprint density at radius 1 is 1.03 bits per heavy atom. The van der Waals surface area contributed by atoms with E-state index in [2.05, 4.69) is 20.1 Å². The van der Waals surface area contributed by atoms with Gasteiger partial charge < -0.3 is 15.1 Å². The fourth-order valence-corrected chi connectivity index (χ4v) is 4.68. The maximum atomic E-state index is 12.4. The number of guanidine groups is 1. The van der Waals surface area contributed by atoms with Crippen molar-refractivity contribution in [2.75, 3.05) is 50.4 Å². The average Bonchev–Trinajstić information content (AvgIpc) is 2.72. The molecule has 0 saturated carbocycles. The molecular formula is C20H26ClIN4O2S. The highest BCUT2D eigenvalue weighted by atomic mass is 127. The number of benzene rings is 2. The molecule has 1 N–H and O–H groups in total. The molecule has 2 aromatic rings. The van der Waals surface area contributed by atoms with Gasteiger partial charge in [-0.2, -0.15) is 0 Å². The van der Waals surface area contributed by atoms with Gasteiger partial charge in [0.25, 0.3) is 0 Å². The van der Waals surface area contributed by atoms with Crippen LogP contribution >= 0.6 is 35.6 Å². The van der Waals surface area contributed by atoms with Crippen LogP contribution in [0.3, 0.4) is 0 Å². The summed E-state index contributed by atoms with van der Waals surface area (Å²) in [4.78, 5) is 9.06. The lowest BCUT2D eigenvalue weighted by Crippen LogP contribution is -2.53. The zero-order chi connectivity index (χ0) is 20.0. The van der Waals surface area contributed by atoms with Crippen LogP contribution < -0.4 is 10.2 Å². The van der Waals surface area contributed by atoms with E-state index in [9.17, 15) is 8.42 Å². The van der Waals surface area contributed by atoms with Gasteiger partial charge >= 0.3 is 0 Å². The van der Waals surface area contributed by atoms with Crippen molar-refractivity contribution in [1.82, 2.24) is 10.2 Å². The van der Waals surface area contributed by atoms with Crippen molar-refractivity contribution in [1.29, 1.82) is 0 Å². The quantitative estimate of drug-likeness (QED) is 0.353. The summed E-state index contributed by atoms with van der Waals surface area (Å²) in [7, 11) is -1.59. The molecule has 6 nitrogen and oxygen atoms in total. The van der Waals surface area contributed by atoms with Crippen molar-refractivity contribution < 1.29 is 8.42 Å². The van der Waals surface area contributed by atoms with Gasteiger partial charge in [-0.3, -0.25) is 4.99 Å². The lowest BCUT2D eigenvalue weighted by Gasteiger charge is -2.38. The number of nitrogens with zero attached hydrogens (tertiary/aromatic N) is 3. The molecule has 0 radical (unpaired) electrons. The molecule has 9 heteroatoms. The first-order chi connectivity index (χ1) is 13.5. The standard InChI is InChI=1S/C20H25ClN4O2S.HI/c1-22-20(23-11-16-28(26,27)17-7-3-2-4-8-17)25-14-12-24(13-15-25)19-10-6-5-9-18(19)21;/h2-10H,11-16H2,1H3,(H,22,23);1H. The summed E-state index contributed by atoms with van der Waals surface area (Å²) in [5.41, 5.74) is 1.04. The van der Waals surface area contributed by atoms with E-state index < -0.39 is 9.84 Å². The highest BCUT2D eigenvalue weighted by Crippen LogP contribution is 2.26. The predicted octanol–water partition coefficient (Wildman–Crippen LogP) is 3.13. The Hall–Kier alpha value is -1.52. The number of sulfone groups is 1. The first-order valence-corrected chi connectivity index (χ1v) is 11.3. The third kappa shape index (κ3) is 6.23. The molecule has 158 valence electrons. The van der Waals surface area contributed by atoms with Crippen molar-refractivity contribution in [2.45, 2.75) is 4.90 Å². The van der Waals surface area contributed by atoms with Crippen molar-refractivity contribution >= 4 is 57.1 Å². The van der Waals surface area contributed by atoms with E-state index in [1.54, 1.807) is 37.4 Å². The van der Waals surface area contributed by atoms with Crippen LogP contribution in [0.4, 0.5) is 5.69 Å². The van der Waals surface area contributed by atoms with Crippen LogP contribution in [0.15, 0.2) is 64.5 Å². The molecule has 1 heterocycles. The molecule has 0 atom stereocenters. The summed E-state index contributed by atoms with van der Waals surface area (Å²) in [5.74, 6) is 0.748. The summed E-state index contributed by atoms with van der Waals surface area (Å²) >= 11 is 6.30. The summed E-state index contributed by atoms with van der Waals surface area (Å²) < 4.78 is 24.8. The topological polar surface area (TPSA) is 65.0 Å². The van der Waals surface area contributed by atoms with E-state index in [1.165, 1.54) is 0 Å². The number of para-hydroxylation sites is 1. The Balaban J connectivity index is 0.00000300. The van der Waals surface area contributed by atoms with Crippen molar-refractivity contribution in [2.24, 2.45) is 4.99 Å². The molecule has 1 fully saturated rings. The molecule has 3 rings (SSSR count). The summed E-state index contributed by atoms with van der Waals surface area (Å²) in [6, 6.07) is 16.4. The van der Waals surface area contributed by atoms with E-state index >= 15 is 0 Å². The smallest absolute Gasteiger partial charge is 0.193 e. The minimum Gasteiger partial charge on any atom is -0.367 e. The molecular weight excluding hydrogens is 523 g/mol. The van der Waals surface area contributed by atoms with E-state index in [0.29, 0.717) is 11.4 Å². The Morgan fingerprint density at radius 2 is 1.66 bits per heavy atom. The third-order valence-electron chi connectivity index (χ3n) is 4.74. The summed E-state index contributed by atoms with van der Waals surface area (Å²) in [5, 5.41) is 3.94. The van der Waals surface area contributed by atoms with Crippen LogP contribution in [0, 0.1) is 0 Å². The minimum absolute atomic E-state index is 0. The molecule has 0 aliphatic carbocycles. The lowest BCUT2D eigenvalue weighted by molar-refractivity contribution is 0.373. The van der Waals surface area contributed by atoms with Crippen LogP contribution in [0.25, 0.3) is 0 Å². The third-order valence-corrected chi connectivity index (χ3v) is 6.79. The maximum absolute atomic E-state index is 12.4. The zero-order valence-electron chi connectivity index (χ0n) is 16.3. The number of halogens is 2. The fourth-order valence-electron chi connectivity index (χ4n) is 3.24. The molecule has 2 aromatic carbocycles. The minimum atomic E-state index is -3.30. The largest absolute Gasteiger partial charge is 0.367 e. The van der Waals surface area contributed by atoms with Gasteiger partial charge in [-0.05, 0) is 24.3 Å². The van der Waals surface area contributed by atoms with Gasteiger partial charge in [0, 0.05) is 39.8 Å². The fraction of sp³-hybridized carbons (Fsp3) is 0.350. The van der Waals surface area contributed by atoms with Gasteiger partial charge in [-0.25, -0.2) is 8.42 Å². The van der Waals surface area contributed by atoms with Crippen LogP contribution in [0.1, 0.15) is 0 Å². The van der Waals surface area contributed by atoms with Crippen molar-refractivity contribution in [3.05, 3.63) is 59.6 Å². The SMILES string of the molecule is CN=C(NCCS(=O)(=O)c1ccccc1)N1CCN(c2ccccc2Cl)CC1.I. The number of anilines is 1. The summed E-state index contributed by atoms with van der Waals surface area (Å²) in [6.45, 7) is 3.54. The first-order valence-electron chi connectivity index (χ1n) is 9.24. The molecule has 0 spiro atoms. The number of aliphatic imine (C=N–C) groups is 1. The second-order valence-electron chi connectivity index (χ2n) is 6.53. The van der Waals surface area contributed by atoms with E-state index in [0.717, 1.165) is 42.8 Å². The lowest BCUT2D eigenvalue weighted by atomic mass is 10.2. The highest BCUT2D eigenvalue weighted by Gasteiger charge is 2.21. The second kappa shape index (κ2) is 11.0. The molecule has 1 saturated heterocycles. The van der Waals surface area contributed by atoms with Crippen molar-refractivity contribution in [3.8, 4) is 0 Å². The maximum Gasteiger partial charge on any atom is 0.193 e. The molecule has 1 aliphatic rings. The van der Waals surface area contributed by atoms with Gasteiger partial charge in [0.2, 0.25) is 0 Å². The first kappa shape index (κ1) is 23.8. The highest BCUT2D eigenvalue weighted by molar-refractivity contribution is 14.0. The van der Waals surface area contributed by atoms with Gasteiger partial charge in [-0.1, -0.05) is 41.9 Å². The predicted molar refractivity (Wildman–Crippen MR) is 131 cm³/mol. The van der Waals surface area contributed by atoms with Crippen molar-refractivity contribution in [3.63, 3.8) is 0 Å². The molecule has 0 bridgehead atoms. The Labute approximate surface area is 194 Å². The van der Waals surface area contributed by atoms with E-state index in [-0.39, 0.29) is 29.7 Å². The van der Waals surface area contributed by atoms with Gasteiger partial charge in [0.1, 0.15) is 0 Å². The number of hydrogen-bond donors (Lipinski definition) is 1. The van der Waals surface area contributed by atoms with Crippen LogP contribution in [0.2, 0.25) is 5.02 Å². The second-order valence-corrected chi connectivity index (χ2v) is 9.05. The van der Waals surface area contributed by atoms with Gasteiger partial charge in [-0.15, -0.1) is 24.0 Å². The van der Waals surface area contributed by atoms with Gasteiger partial charge in [0.15, 0.2) is 15.8 Å². The van der Waals surface area contributed by atoms with Gasteiger partial charge in [0.05, 0.1) is 21.4 Å². The van der Waals surface area contributed by atoms with E-state index in [4.69, 9.17) is 11.6 Å². The Morgan fingerprint density at radius 3 is 2.28 bits per heavy atom. The Bertz CT molecular complexity index is 917. The normalized spacial score (nSPS) is 15.0. The Kier molecular flexibility index (Phi) is 9.04. The number of piperazine rings is 1. The van der Waals surface area contributed by atoms with Crippen LogP contribution in [-0.4, -0.2) is 64.8 Å². The number of nitrogens with one attached hydrogen (secondary N) is 1. The average molecular weight is 549 g/mol. The van der Waals surface area contributed by atoms with Crippen LogP contribution in [-0.2, 0) is 9.84 Å². The molecule has 1 aliphatic heterocycles. The van der Waals surface area contributed by atoms with E-state index in [1.807, 2.05) is 24.3 Å². The molecule has 0 amide bonds. The zero-order valence-corrected chi connectivity index (χ0v) is 20.2. The number of hydrogen-bond acceptors (Lipinski definition) is 4. The molecule has 0 aromatic heterocycles. The molecule has 29 heavy (non-hydrogen) atoms. The summed E-state index contributed by atoms with van der Waals surface area (Å²) in [6.07, 6.45) is 0. The molecule has 0 unspecified atom stereocenters. The van der Waals surface area contributed by atoms with Crippen LogP contribution in [0.5, 0.6) is 0 Å². The monoisotopic (exact) mass is 548 g/mol.